The molecule has 0 aliphatic heterocycles. The summed E-state index contributed by atoms with van der Waals surface area (Å²) >= 11 is 2.88. The number of thiophene rings is 1. The molecule has 0 aliphatic rings. The molecule has 2 heterocycles. The number of thiazole rings is 1. The number of ether oxygens (including phenoxy) is 1. The van der Waals surface area contributed by atoms with Gasteiger partial charge in [0.25, 0.3) is 0 Å². The number of ketones is 1. The van der Waals surface area contributed by atoms with Crippen molar-refractivity contribution >= 4 is 39.6 Å². The Morgan fingerprint density at radius 1 is 1.48 bits per heavy atom. The summed E-state index contributed by atoms with van der Waals surface area (Å²) in [5.41, 5.74) is 0.0841. The van der Waals surface area contributed by atoms with Crippen LogP contribution in [0, 0.1) is 0 Å². The highest BCUT2D eigenvalue weighted by atomic mass is 32.1. The van der Waals surface area contributed by atoms with Gasteiger partial charge in [-0.25, -0.2) is 9.78 Å². The van der Waals surface area contributed by atoms with Gasteiger partial charge in [0, 0.05) is 24.3 Å². The fourth-order valence-electron chi connectivity index (χ4n) is 1.85. The van der Waals surface area contributed by atoms with E-state index in [1.807, 2.05) is 18.4 Å². The van der Waals surface area contributed by atoms with Crippen molar-refractivity contribution in [2.45, 2.75) is 26.3 Å². The molecule has 0 aromatic carbocycles. The monoisotopic (exact) mass is 324 g/mol. The van der Waals surface area contributed by atoms with E-state index in [9.17, 15) is 9.59 Å². The predicted octanol–water partition coefficient (Wildman–Crippen LogP) is 3.24. The van der Waals surface area contributed by atoms with Crippen LogP contribution in [-0.2, 0) is 11.2 Å². The number of esters is 1. The molecule has 1 atom stereocenters. The summed E-state index contributed by atoms with van der Waals surface area (Å²) < 4.78 is 4.66. The van der Waals surface area contributed by atoms with Gasteiger partial charge < -0.3 is 10.1 Å². The van der Waals surface area contributed by atoms with Gasteiger partial charge in [0.2, 0.25) is 0 Å². The highest BCUT2D eigenvalue weighted by Crippen LogP contribution is 2.25. The number of methoxy groups -OCH3 is 1. The largest absolute Gasteiger partial charge is 0.464 e. The molecule has 21 heavy (non-hydrogen) atoms. The zero-order chi connectivity index (χ0) is 15.4. The normalized spacial score (nSPS) is 12.0. The lowest BCUT2D eigenvalue weighted by atomic mass is 10.2. The number of hydrogen-bond donors (Lipinski definition) is 1. The number of carbonyl (C=O) groups is 2. The topological polar surface area (TPSA) is 68.3 Å². The molecule has 0 saturated carbocycles. The second-order valence-corrected chi connectivity index (χ2v) is 6.60. The highest BCUT2D eigenvalue weighted by molar-refractivity contribution is 7.17. The van der Waals surface area contributed by atoms with E-state index in [1.54, 1.807) is 11.3 Å². The Labute approximate surface area is 131 Å². The first-order valence-corrected chi connectivity index (χ1v) is 8.10. The van der Waals surface area contributed by atoms with Crippen LogP contribution < -0.4 is 5.32 Å². The Hall–Kier alpha value is -1.73. The molecule has 2 aromatic rings. The van der Waals surface area contributed by atoms with Crippen molar-refractivity contribution in [3.8, 4) is 0 Å². The van der Waals surface area contributed by atoms with Crippen molar-refractivity contribution in [1.29, 1.82) is 0 Å². The average molecular weight is 324 g/mol. The maximum absolute atomic E-state index is 11.6. The van der Waals surface area contributed by atoms with Gasteiger partial charge in [-0.2, -0.15) is 0 Å². The van der Waals surface area contributed by atoms with E-state index in [0.29, 0.717) is 10.0 Å². The van der Waals surface area contributed by atoms with Crippen LogP contribution in [0.5, 0.6) is 0 Å². The molecule has 0 spiro atoms. The smallest absolute Gasteiger partial charge is 0.358 e. The molecular weight excluding hydrogens is 308 g/mol. The van der Waals surface area contributed by atoms with E-state index in [-0.39, 0.29) is 17.5 Å². The lowest BCUT2D eigenvalue weighted by molar-refractivity contribution is 0.0591. The van der Waals surface area contributed by atoms with Crippen molar-refractivity contribution in [2.75, 3.05) is 12.4 Å². The number of rotatable bonds is 6. The summed E-state index contributed by atoms with van der Waals surface area (Å²) in [6.45, 7) is 3.45. The standard InChI is InChI=1S/C14H16N2O3S2/c1-8(7-10-5-4-6-20-10)15-14-16-11(13(18)19-3)12(21-14)9(2)17/h4-6,8H,7H2,1-3H3,(H,15,16). The minimum absolute atomic E-state index is 0.0841. The van der Waals surface area contributed by atoms with Crippen LogP contribution in [0.3, 0.4) is 0 Å². The molecule has 0 aliphatic carbocycles. The second kappa shape index (κ2) is 6.82. The second-order valence-electron chi connectivity index (χ2n) is 4.57. The molecular formula is C14H16N2O3S2. The van der Waals surface area contributed by atoms with Crippen molar-refractivity contribution in [2.24, 2.45) is 0 Å². The Kier molecular flexibility index (Phi) is 5.08. The van der Waals surface area contributed by atoms with Crippen LogP contribution >= 0.6 is 22.7 Å². The third kappa shape index (κ3) is 3.89. The maximum Gasteiger partial charge on any atom is 0.358 e. The molecule has 112 valence electrons. The van der Waals surface area contributed by atoms with Gasteiger partial charge in [-0.3, -0.25) is 4.79 Å². The predicted molar refractivity (Wildman–Crippen MR) is 84.6 cm³/mol. The minimum Gasteiger partial charge on any atom is -0.464 e. The van der Waals surface area contributed by atoms with Crippen molar-refractivity contribution < 1.29 is 14.3 Å². The molecule has 7 heteroatoms. The van der Waals surface area contributed by atoms with Gasteiger partial charge in [0.05, 0.1) is 7.11 Å². The Balaban J connectivity index is 2.13. The van der Waals surface area contributed by atoms with Crippen molar-refractivity contribution in [3.05, 3.63) is 33.0 Å². The molecule has 0 radical (unpaired) electrons. The van der Waals surface area contributed by atoms with E-state index in [0.717, 1.165) is 6.42 Å². The summed E-state index contributed by atoms with van der Waals surface area (Å²) in [4.78, 5) is 29.0. The average Bonchev–Trinajstić information content (AvgIpc) is 3.07. The van der Waals surface area contributed by atoms with Gasteiger partial charge in [-0.15, -0.1) is 11.3 Å². The fourth-order valence-corrected chi connectivity index (χ4v) is 3.64. The number of Topliss-reactive ketones (excluding diaryl/α,β-unsaturated/α-hetero) is 1. The van der Waals surface area contributed by atoms with Crippen LogP contribution in [0.4, 0.5) is 5.13 Å². The number of anilines is 1. The van der Waals surface area contributed by atoms with Crippen molar-refractivity contribution in [1.82, 2.24) is 4.98 Å². The fraction of sp³-hybridized carbons (Fsp3) is 0.357. The zero-order valence-corrected chi connectivity index (χ0v) is 13.6. The van der Waals surface area contributed by atoms with Crippen LogP contribution in [0.2, 0.25) is 0 Å². The molecule has 1 unspecified atom stereocenters. The van der Waals surface area contributed by atoms with Crippen LogP contribution in [0.1, 0.15) is 38.9 Å². The van der Waals surface area contributed by atoms with Gasteiger partial charge in [0.15, 0.2) is 16.6 Å². The lowest BCUT2D eigenvalue weighted by Gasteiger charge is -2.11. The molecule has 2 aromatic heterocycles. The summed E-state index contributed by atoms with van der Waals surface area (Å²) in [6, 6.07) is 4.24. The molecule has 2 rings (SSSR count). The first-order chi connectivity index (χ1) is 10.0. The Morgan fingerprint density at radius 2 is 2.24 bits per heavy atom. The summed E-state index contributed by atoms with van der Waals surface area (Å²) in [5.74, 6) is -0.776. The SMILES string of the molecule is COC(=O)c1nc(NC(C)Cc2cccs2)sc1C(C)=O. The van der Waals surface area contributed by atoms with Gasteiger partial charge in [0.1, 0.15) is 4.88 Å². The Bertz CT molecular complexity index is 635. The molecule has 0 fully saturated rings. The lowest BCUT2D eigenvalue weighted by Crippen LogP contribution is -2.17. The maximum atomic E-state index is 11.6. The first-order valence-electron chi connectivity index (χ1n) is 6.40. The number of carbonyl (C=O) groups excluding carboxylic acids is 2. The molecule has 0 saturated heterocycles. The van der Waals surface area contributed by atoms with E-state index in [1.165, 1.54) is 30.2 Å². The Morgan fingerprint density at radius 3 is 2.81 bits per heavy atom. The summed E-state index contributed by atoms with van der Waals surface area (Å²) in [7, 11) is 1.28. The molecule has 0 bridgehead atoms. The third-order valence-electron chi connectivity index (χ3n) is 2.78. The van der Waals surface area contributed by atoms with Crippen LogP contribution in [-0.4, -0.2) is 29.9 Å². The van der Waals surface area contributed by atoms with Gasteiger partial charge >= 0.3 is 5.97 Å². The number of hydrogen-bond acceptors (Lipinski definition) is 7. The molecule has 0 amide bonds. The van der Waals surface area contributed by atoms with Gasteiger partial charge in [-0.1, -0.05) is 17.4 Å². The van der Waals surface area contributed by atoms with Crippen LogP contribution in [0.15, 0.2) is 17.5 Å². The third-order valence-corrected chi connectivity index (χ3v) is 4.77. The van der Waals surface area contributed by atoms with Crippen LogP contribution in [0.25, 0.3) is 0 Å². The van der Waals surface area contributed by atoms with Crippen molar-refractivity contribution in [3.63, 3.8) is 0 Å². The van der Waals surface area contributed by atoms with E-state index in [4.69, 9.17) is 0 Å². The van der Waals surface area contributed by atoms with E-state index < -0.39 is 5.97 Å². The number of nitrogens with zero attached hydrogens (tertiary/aromatic N) is 1. The summed E-state index contributed by atoms with van der Waals surface area (Å²) in [6.07, 6.45) is 0.861. The molecule has 5 nitrogen and oxygen atoms in total. The van der Waals surface area contributed by atoms with Gasteiger partial charge in [-0.05, 0) is 18.4 Å². The van der Waals surface area contributed by atoms with E-state index >= 15 is 0 Å². The minimum atomic E-state index is -0.588. The first kappa shape index (κ1) is 15.7. The number of aromatic nitrogens is 1. The summed E-state index contributed by atoms with van der Waals surface area (Å²) in [5, 5.41) is 5.83. The zero-order valence-electron chi connectivity index (χ0n) is 12.0. The highest BCUT2D eigenvalue weighted by Gasteiger charge is 2.22. The molecule has 1 N–H and O–H groups in total. The number of nitrogens with one attached hydrogen (secondary N) is 1. The van der Waals surface area contributed by atoms with E-state index in [2.05, 4.69) is 21.1 Å². The quantitative estimate of drug-likeness (QED) is 0.652.